The minimum absolute atomic E-state index is 0.130. The molecule has 0 spiro atoms. The van der Waals surface area contributed by atoms with Gasteiger partial charge < -0.3 is 9.64 Å². The fourth-order valence-electron chi connectivity index (χ4n) is 3.00. The van der Waals surface area contributed by atoms with Crippen molar-refractivity contribution in [2.75, 3.05) is 24.3 Å². The van der Waals surface area contributed by atoms with Gasteiger partial charge >= 0.3 is 0 Å². The van der Waals surface area contributed by atoms with Crippen LogP contribution in [0.3, 0.4) is 0 Å². The van der Waals surface area contributed by atoms with Gasteiger partial charge in [-0.15, -0.1) is 0 Å². The quantitative estimate of drug-likeness (QED) is 0.829. The predicted molar refractivity (Wildman–Crippen MR) is 73.9 cm³/mol. The lowest BCUT2D eigenvalue weighted by atomic mass is 10.0. The Morgan fingerprint density at radius 1 is 1.40 bits per heavy atom. The zero-order chi connectivity index (χ0) is 14.2. The van der Waals surface area contributed by atoms with Crippen molar-refractivity contribution in [1.82, 2.24) is 14.7 Å². The number of sulfonamides is 1. The molecule has 0 amide bonds. The Morgan fingerprint density at radius 2 is 2.15 bits per heavy atom. The molecular weight excluding hydrogens is 280 g/mol. The molecule has 0 saturated carbocycles. The van der Waals surface area contributed by atoms with Crippen molar-refractivity contribution in [3.63, 3.8) is 0 Å². The fraction of sp³-hybridized carbons (Fsp3) is 0.667. The molecule has 0 aromatic carbocycles. The molecule has 2 saturated heterocycles. The molecule has 20 heavy (non-hydrogen) atoms. The molecule has 2 aliphatic rings. The molecule has 0 bridgehead atoms. The standard InChI is InChI=1S/C12H18N4O3S/c1-20(17,18)15-9-8-16(12-13-5-3-6-14-12)10-4-2-7-19-11(9)10/h3,5-6,9-11,15H,2,4,7-8H2,1H3/t9-,10-,11-/m1/s1. The molecule has 1 aromatic rings. The van der Waals surface area contributed by atoms with Crippen molar-refractivity contribution in [1.29, 1.82) is 0 Å². The van der Waals surface area contributed by atoms with Gasteiger partial charge in [-0.3, -0.25) is 0 Å². The average molecular weight is 298 g/mol. The molecule has 2 fully saturated rings. The lowest BCUT2D eigenvalue weighted by molar-refractivity contribution is 0.00392. The van der Waals surface area contributed by atoms with Crippen molar-refractivity contribution < 1.29 is 13.2 Å². The van der Waals surface area contributed by atoms with Gasteiger partial charge in [-0.05, 0) is 18.9 Å². The van der Waals surface area contributed by atoms with Crippen molar-refractivity contribution in [3.05, 3.63) is 18.5 Å². The van der Waals surface area contributed by atoms with Gasteiger partial charge in [0.15, 0.2) is 0 Å². The summed E-state index contributed by atoms with van der Waals surface area (Å²) in [6.45, 7) is 1.21. The molecule has 7 nitrogen and oxygen atoms in total. The zero-order valence-electron chi connectivity index (χ0n) is 11.3. The summed E-state index contributed by atoms with van der Waals surface area (Å²) in [7, 11) is -3.26. The lowest BCUT2D eigenvalue weighted by Gasteiger charge is -2.32. The Kier molecular flexibility index (Phi) is 3.61. The van der Waals surface area contributed by atoms with Crippen LogP contribution in [0, 0.1) is 0 Å². The van der Waals surface area contributed by atoms with E-state index in [4.69, 9.17) is 4.74 Å². The minimum atomic E-state index is -3.26. The number of aromatic nitrogens is 2. The number of ether oxygens (including phenoxy) is 1. The van der Waals surface area contributed by atoms with Crippen molar-refractivity contribution >= 4 is 16.0 Å². The van der Waals surface area contributed by atoms with Crippen molar-refractivity contribution in [2.24, 2.45) is 0 Å². The molecular formula is C12H18N4O3S. The Hall–Kier alpha value is -1.25. The largest absolute Gasteiger partial charge is 0.374 e. The van der Waals surface area contributed by atoms with E-state index in [2.05, 4.69) is 14.7 Å². The Balaban J connectivity index is 1.86. The molecule has 0 unspecified atom stereocenters. The highest BCUT2D eigenvalue weighted by Gasteiger charge is 2.45. The average Bonchev–Trinajstić information content (AvgIpc) is 2.77. The summed E-state index contributed by atoms with van der Waals surface area (Å²) in [6.07, 6.45) is 6.35. The number of nitrogens with zero attached hydrogens (tertiary/aromatic N) is 3. The third-order valence-corrected chi connectivity index (χ3v) is 4.43. The minimum Gasteiger partial charge on any atom is -0.374 e. The topological polar surface area (TPSA) is 84.4 Å². The third-order valence-electron chi connectivity index (χ3n) is 3.70. The Labute approximate surface area is 118 Å². The molecule has 3 heterocycles. The smallest absolute Gasteiger partial charge is 0.225 e. The van der Waals surface area contributed by atoms with E-state index in [9.17, 15) is 8.42 Å². The van der Waals surface area contributed by atoms with Crippen LogP contribution >= 0.6 is 0 Å². The van der Waals surface area contributed by atoms with Crippen LogP contribution < -0.4 is 9.62 Å². The highest BCUT2D eigenvalue weighted by molar-refractivity contribution is 7.88. The van der Waals surface area contributed by atoms with Crippen molar-refractivity contribution in [2.45, 2.75) is 31.0 Å². The van der Waals surface area contributed by atoms with E-state index in [0.717, 1.165) is 12.8 Å². The molecule has 110 valence electrons. The highest BCUT2D eigenvalue weighted by atomic mass is 32.2. The van der Waals surface area contributed by atoms with Gasteiger partial charge in [0.25, 0.3) is 0 Å². The molecule has 2 aliphatic heterocycles. The summed E-state index contributed by atoms with van der Waals surface area (Å²) in [5.74, 6) is 0.630. The van der Waals surface area contributed by atoms with Crippen LogP contribution in [0.4, 0.5) is 5.95 Å². The molecule has 1 aromatic heterocycles. The summed E-state index contributed by atoms with van der Waals surface area (Å²) in [4.78, 5) is 10.6. The van der Waals surface area contributed by atoms with Gasteiger partial charge in [-0.25, -0.2) is 23.1 Å². The SMILES string of the molecule is CS(=O)(=O)N[C@@H]1CN(c2ncccn2)[C@@H]2CCCO[C@@H]21. The van der Waals surface area contributed by atoms with Crippen molar-refractivity contribution in [3.8, 4) is 0 Å². The van der Waals surface area contributed by atoms with Crippen LogP contribution in [-0.4, -0.2) is 56.0 Å². The molecule has 3 rings (SSSR count). The van der Waals surface area contributed by atoms with Gasteiger partial charge in [-0.1, -0.05) is 0 Å². The van der Waals surface area contributed by atoms with Gasteiger partial charge in [0.2, 0.25) is 16.0 Å². The number of fused-ring (bicyclic) bond motifs is 1. The van der Waals surface area contributed by atoms with Gasteiger partial charge in [-0.2, -0.15) is 0 Å². The second kappa shape index (κ2) is 5.27. The first kappa shape index (κ1) is 13.7. The highest BCUT2D eigenvalue weighted by Crippen LogP contribution is 2.31. The normalized spacial score (nSPS) is 30.2. The molecule has 0 aliphatic carbocycles. The first-order valence-corrected chi connectivity index (χ1v) is 8.56. The molecule has 3 atom stereocenters. The maximum atomic E-state index is 11.5. The van der Waals surface area contributed by atoms with Crippen LogP contribution in [0.25, 0.3) is 0 Å². The molecule has 8 heteroatoms. The fourth-order valence-corrected chi connectivity index (χ4v) is 3.76. The van der Waals surface area contributed by atoms with Gasteiger partial charge in [0.1, 0.15) is 0 Å². The number of anilines is 1. The second-order valence-electron chi connectivity index (χ2n) is 5.24. The van der Waals surface area contributed by atoms with E-state index in [1.165, 1.54) is 6.26 Å². The lowest BCUT2D eigenvalue weighted by Crippen LogP contribution is -2.47. The summed E-state index contributed by atoms with van der Waals surface area (Å²) >= 11 is 0. The molecule has 1 N–H and O–H groups in total. The number of nitrogens with one attached hydrogen (secondary N) is 1. The first-order chi connectivity index (χ1) is 9.54. The van der Waals surface area contributed by atoms with E-state index in [1.54, 1.807) is 18.5 Å². The van der Waals surface area contributed by atoms with Crippen LogP contribution in [0.5, 0.6) is 0 Å². The van der Waals surface area contributed by atoms with E-state index in [1.807, 2.05) is 4.90 Å². The van der Waals surface area contributed by atoms with Gasteiger partial charge in [0.05, 0.1) is 24.4 Å². The maximum absolute atomic E-state index is 11.5. The number of hydrogen-bond acceptors (Lipinski definition) is 6. The maximum Gasteiger partial charge on any atom is 0.225 e. The second-order valence-corrected chi connectivity index (χ2v) is 7.02. The Morgan fingerprint density at radius 3 is 2.85 bits per heavy atom. The number of rotatable bonds is 3. The van der Waals surface area contributed by atoms with Crippen LogP contribution in [0.1, 0.15) is 12.8 Å². The van der Waals surface area contributed by atoms with E-state index in [0.29, 0.717) is 19.1 Å². The Bertz CT molecular complexity index is 565. The summed E-state index contributed by atoms with van der Waals surface area (Å²) in [5.41, 5.74) is 0. The van der Waals surface area contributed by atoms with Crippen LogP contribution in [0.2, 0.25) is 0 Å². The summed E-state index contributed by atoms with van der Waals surface area (Å²) in [5, 5.41) is 0. The van der Waals surface area contributed by atoms with E-state index >= 15 is 0 Å². The zero-order valence-corrected chi connectivity index (χ0v) is 12.1. The van der Waals surface area contributed by atoms with Crippen LogP contribution in [0.15, 0.2) is 18.5 Å². The van der Waals surface area contributed by atoms with E-state index < -0.39 is 10.0 Å². The van der Waals surface area contributed by atoms with Gasteiger partial charge in [0, 0.05) is 25.5 Å². The van der Waals surface area contributed by atoms with Crippen LogP contribution in [-0.2, 0) is 14.8 Å². The van der Waals surface area contributed by atoms with E-state index in [-0.39, 0.29) is 18.2 Å². The first-order valence-electron chi connectivity index (χ1n) is 6.67. The third kappa shape index (κ3) is 2.77. The monoisotopic (exact) mass is 298 g/mol. The predicted octanol–water partition coefficient (Wildman–Crippen LogP) is -0.238. The molecule has 0 radical (unpaired) electrons. The summed E-state index contributed by atoms with van der Waals surface area (Å²) in [6, 6.07) is 1.64. The summed E-state index contributed by atoms with van der Waals surface area (Å²) < 4.78 is 31.4. The number of hydrogen-bond donors (Lipinski definition) is 1.